The lowest BCUT2D eigenvalue weighted by Crippen LogP contribution is -2.45. The molecule has 0 radical (unpaired) electrons. The monoisotopic (exact) mass is 251 g/mol. The molecular weight excluding hydrogens is 234 g/mol. The van der Waals surface area contributed by atoms with Gasteiger partial charge in [-0.3, -0.25) is 9.59 Å². The highest BCUT2D eigenvalue weighted by molar-refractivity contribution is 5.95. The third-order valence-corrected chi connectivity index (χ3v) is 2.86. The summed E-state index contributed by atoms with van der Waals surface area (Å²) in [5.41, 5.74) is 0.189. The van der Waals surface area contributed by atoms with Crippen molar-refractivity contribution in [2.45, 2.75) is 32.7 Å². The van der Waals surface area contributed by atoms with E-state index in [4.69, 9.17) is 4.52 Å². The van der Waals surface area contributed by atoms with Crippen molar-refractivity contribution in [3.05, 3.63) is 17.5 Å². The van der Waals surface area contributed by atoms with Crippen molar-refractivity contribution in [2.75, 3.05) is 6.54 Å². The number of carbonyl (C=O) groups is 2. The van der Waals surface area contributed by atoms with E-state index < -0.39 is 11.9 Å². The van der Waals surface area contributed by atoms with Crippen LogP contribution in [-0.4, -0.2) is 29.6 Å². The lowest BCUT2D eigenvalue weighted by Gasteiger charge is -2.12. The Hall–Kier alpha value is -1.85. The van der Waals surface area contributed by atoms with Crippen molar-refractivity contribution in [3.63, 3.8) is 0 Å². The first kappa shape index (κ1) is 12.6. The molecule has 1 unspecified atom stereocenters. The molecule has 0 aliphatic heterocycles. The second-order valence-corrected chi connectivity index (χ2v) is 4.71. The molecule has 18 heavy (non-hydrogen) atoms. The number of amides is 2. The molecule has 2 rings (SSSR count). The van der Waals surface area contributed by atoms with Gasteiger partial charge in [0.25, 0.3) is 5.91 Å². The molecule has 1 heterocycles. The van der Waals surface area contributed by atoms with Gasteiger partial charge in [0.15, 0.2) is 5.69 Å². The van der Waals surface area contributed by atoms with Gasteiger partial charge in [-0.2, -0.15) is 0 Å². The second-order valence-electron chi connectivity index (χ2n) is 4.71. The summed E-state index contributed by atoms with van der Waals surface area (Å²) in [6.07, 6.45) is 2.36. The van der Waals surface area contributed by atoms with Gasteiger partial charge in [0.05, 0.1) is 0 Å². The van der Waals surface area contributed by atoms with Crippen LogP contribution >= 0.6 is 0 Å². The minimum Gasteiger partial charge on any atom is -0.361 e. The predicted octanol–water partition coefficient (Wildman–Crippen LogP) is 0.628. The third-order valence-electron chi connectivity index (χ3n) is 2.86. The van der Waals surface area contributed by atoms with Crippen molar-refractivity contribution in [1.82, 2.24) is 15.8 Å². The normalized spacial score (nSPS) is 16.1. The Balaban J connectivity index is 1.80. The molecule has 1 saturated carbocycles. The summed E-state index contributed by atoms with van der Waals surface area (Å²) in [4.78, 5) is 23.4. The molecule has 2 N–H and O–H groups in total. The molecule has 0 saturated heterocycles. The average Bonchev–Trinajstić information content (AvgIpc) is 3.06. The molecule has 0 aromatic carbocycles. The van der Waals surface area contributed by atoms with E-state index in [0.29, 0.717) is 18.2 Å². The fourth-order valence-corrected chi connectivity index (χ4v) is 1.53. The van der Waals surface area contributed by atoms with Crippen LogP contribution in [0.2, 0.25) is 0 Å². The smallest absolute Gasteiger partial charge is 0.274 e. The molecule has 6 nitrogen and oxygen atoms in total. The summed E-state index contributed by atoms with van der Waals surface area (Å²) in [6, 6.07) is 0.956. The van der Waals surface area contributed by atoms with E-state index >= 15 is 0 Å². The third kappa shape index (κ3) is 3.32. The maximum absolute atomic E-state index is 11.7. The molecule has 0 bridgehead atoms. The van der Waals surface area contributed by atoms with Gasteiger partial charge in [0, 0.05) is 12.6 Å². The molecule has 1 atom stereocenters. The minimum atomic E-state index is -0.576. The van der Waals surface area contributed by atoms with Gasteiger partial charge in [-0.05, 0) is 32.6 Å². The van der Waals surface area contributed by atoms with E-state index in [2.05, 4.69) is 15.8 Å². The van der Waals surface area contributed by atoms with Crippen molar-refractivity contribution in [2.24, 2.45) is 5.92 Å². The van der Waals surface area contributed by atoms with Crippen LogP contribution in [0, 0.1) is 12.8 Å². The standard InChI is InChI=1S/C12H17N3O3/c1-7-5-10(15-18-7)12(17)14-8(2)11(16)13-6-9-3-4-9/h5,8-9H,3-4,6H2,1-2H3,(H,13,16)(H,14,17). The van der Waals surface area contributed by atoms with Crippen molar-refractivity contribution in [3.8, 4) is 0 Å². The van der Waals surface area contributed by atoms with Gasteiger partial charge in [0.2, 0.25) is 5.91 Å². The SMILES string of the molecule is Cc1cc(C(=O)NC(C)C(=O)NCC2CC2)no1. The van der Waals surface area contributed by atoms with Gasteiger partial charge >= 0.3 is 0 Å². The molecule has 2 amide bonds. The van der Waals surface area contributed by atoms with Crippen molar-refractivity contribution >= 4 is 11.8 Å². The van der Waals surface area contributed by atoms with Crippen LogP contribution < -0.4 is 10.6 Å². The zero-order valence-corrected chi connectivity index (χ0v) is 10.5. The zero-order chi connectivity index (χ0) is 13.1. The Morgan fingerprint density at radius 1 is 1.56 bits per heavy atom. The molecule has 1 fully saturated rings. The summed E-state index contributed by atoms with van der Waals surface area (Å²) < 4.78 is 4.80. The second kappa shape index (κ2) is 5.20. The summed E-state index contributed by atoms with van der Waals surface area (Å²) >= 11 is 0. The molecule has 98 valence electrons. The maximum Gasteiger partial charge on any atom is 0.274 e. The fourth-order valence-electron chi connectivity index (χ4n) is 1.53. The number of rotatable bonds is 5. The highest BCUT2D eigenvalue weighted by Gasteiger charge is 2.24. The van der Waals surface area contributed by atoms with Crippen LogP contribution in [-0.2, 0) is 4.79 Å². The van der Waals surface area contributed by atoms with E-state index in [0.717, 1.165) is 0 Å². The molecule has 1 aliphatic carbocycles. The summed E-state index contributed by atoms with van der Waals surface area (Å²) in [5, 5.41) is 8.98. The first-order valence-electron chi connectivity index (χ1n) is 6.08. The van der Waals surface area contributed by atoms with E-state index in [9.17, 15) is 9.59 Å². The van der Waals surface area contributed by atoms with Crippen molar-refractivity contribution in [1.29, 1.82) is 0 Å². The van der Waals surface area contributed by atoms with Crippen LogP contribution in [0.1, 0.15) is 36.0 Å². The van der Waals surface area contributed by atoms with Gasteiger partial charge in [-0.1, -0.05) is 5.16 Å². The molecule has 1 aromatic heterocycles. The number of hydrogen-bond acceptors (Lipinski definition) is 4. The summed E-state index contributed by atoms with van der Waals surface area (Å²) in [6.45, 7) is 4.05. The van der Waals surface area contributed by atoms with E-state index in [1.54, 1.807) is 13.8 Å². The molecule has 0 spiro atoms. The highest BCUT2D eigenvalue weighted by Crippen LogP contribution is 2.27. The Bertz CT molecular complexity index is 451. The maximum atomic E-state index is 11.7. The van der Waals surface area contributed by atoms with Gasteiger partial charge in [-0.25, -0.2) is 0 Å². The molecule has 1 aliphatic rings. The first-order chi connectivity index (χ1) is 8.56. The number of carbonyl (C=O) groups excluding carboxylic acids is 2. The Morgan fingerprint density at radius 2 is 2.28 bits per heavy atom. The number of aromatic nitrogens is 1. The quantitative estimate of drug-likeness (QED) is 0.803. The van der Waals surface area contributed by atoms with Crippen molar-refractivity contribution < 1.29 is 14.1 Å². The average molecular weight is 251 g/mol. The van der Waals surface area contributed by atoms with Crippen LogP contribution in [0.25, 0.3) is 0 Å². The Labute approximate surface area is 105 Å². The Morgan fingerprint density at radius 3 is 2.83 bits per heavy atom. The number of nitrogens with zero attached hydrogens (tertiary/aromatic N) is 1. The van der Waals surface area contributed by atoms with Gasteiger partial charge < -0.3 is 15.2 Å². The lowest BCUT2D eigenvalue weighted by atomic mass is 10.2. The summed E-state index contributed by atoms with van der Waals surface area (Å²) in [5.74, 6) is 0.609. The van der Waals surface area contributed by atoms with Crippen LogP contribution in [0.15, 0.2) is 10.6 Å². The molecule has 1 aromatic rings. The first-order valence-corrected chi connectivity index (χ1v) is 6.08. The van der Waals surface area contributed by atoms with Crippen LogP contribution in [0.3, 0.4) is 0 Å². The number of hydrogen-bond donors (Lipinski definition) is 2. The minimum absolute atomic E-state index is 0.171. The lowest BCUT2D eigenvalue weighted by molar-refractivity contribution is -0.122. The topological polar surface area (TPSA) is 84.2 Å². The number of nitrogens with one attached hydrogen (secondary N) is 2. The van der Waals surface area contributed by atoms with Gasteiger partial charge in [-0.15, -0.1) is 0 Å². The fraction of sp³-hybridized carbons (Fsp3) is 0.583. The van der Waals surface area contributed by atoms with Crippen LogP contribution in [0.4, 0.5) is 0 Å². The number of aryl methyl sites for hydroxylation is 1. The predicted molar refractivity (Wildman–Crippen MR) is 63.9 cm³/mol. The van der Waals surface area contributed by atoms with E-state index in [-0.39, 0.29) is 11.6 Å². The largest absolute Gasteiger partial charge is 0.361 e. The van der Waals surface area contributed by atoms with Gasteiger partial charge in [0.1, 0.15) is 11.8 Å². The molecular formula is C12H17N3O3. The Kier molecular flexibility index (Phi) is 3.64. The molecule has 6 heteroatoms. The van der Waals surface area contributed by atoms with Crippen LogP contribution in [0.5, 0.6) is 0 Å². The van der Waals surface area contributed by atoms with E-state index in [1.807, 2.05) is 0 Å². The summed E-state index contributed by atoms with van der Waals surface area (Å²) in [7, 11) is 0. The van der Waals surface area contributed by atoms with E-state index in [1.165, 1.54) is 18.9 Å². The zero-order valence-electron chi connectivity index (χ0n) is 10.5. The highest BCUT2D eigenvalue weighted by atomic mass is 16.5.